The van der Waals surface area contributed by atoms with Gasteiger partial charge in [-0.15, -0.1) is 0 Å². The van der Waals surface area contributed by atoms with Gasteiger partial charge in [0.25, 0.3) is 0 Å². The van der Waals surface area contributed by atoms with E-state index in [-0.39, 0.29) is 12.4 Å². The number of hydrogen-bond donors (Lipinski definition) is 2. The monoisotopic (exact) mass is 158 g/mol. The first-order valence-corrected chi connectivity index (χ1v) is 3.67. The average Bonchev–Trinajstić information content (AvgIpc) is 2.04. The molecule has 0 amide bonds. The molecule has 0 aromatic heterocycles. The van der Waals surface area contributed by atoms with E-state index in [9.17, 15) is 4.70 Å². The first-order chi connectivity index (χ1) is 5.27. The Hall–Kier alpha value is -0.255. The summed E-state index contributed by atoms with van der Waals surface area (Å²) >= 11 is 0. The summed E-state index contributed by atoms with van der Waals surface area (Å²) in [5, 5.41) is 17.7. The Morgan fingerprint density at radius 1 is 1.55 bits per heavy atom. The molecule has 0 spiro atoms. The van der Waals surface area contributed by atoms with E-state index in [1.807, 2.05) is 0 Å². The van der Waals surface area contributed by atoms with Crippen molar-refractivity contribution in [2.45, 2.75) is 31.1 Å². The van der Waals surface area contributed by atoms with Gasteiger partial charge >= 0.3 is 64.5 Å². The summed E-state index contributed by atoms with van der Waals surface area (Å²) in [5.41, 5.74) is 0. The molecule has 0 bridgehead atoms. The van der Waals surface area contributed by atoms with Gasteiger partial charge in [0.2, 0.25) is 0 Å². The molecule has 62 valence electrons. The van der Waals surface area contributed by atoms with Gasteiger partial charge < -0.3 is 0 Å². The van der Waals surface area contributed by atoms with Crippen LogP contribution in [0.4, 0.5) is 0 Å². The van der Waals surface area contributed by atoms with E-state index in [1.165, 1.54) is 0 Å². The third-order valence-electron chi connectivity index (χ3n) is 1.91. The van der Waals surface area contributed by atoms with Crippen molar-refractivity contribution < 1.29 is 19.7 Å². The second-order valence-corrected chi connectivity index (χ2v) is 2.69. The third-order valence-corrected chi connectivity index (χ3v) is 1.91. The Morgan fingerprint density at radius 3 is 2.82 bits per heavy atom. The van der Waals surface area contributed by atoms with Crippen LogP contribution in [-0.2, 0) is 9.44 Å². The Bertz CT molecular complexity index is 141. The summed E-state index contributed by atoms with van der Waals surface area (Å²) in [5.74, 6) is -0.261. The number of aliphatic hydroxyl groups is 2. The second kappa shape index (κ2) is 3.94. The van der Waals surface area contributed by atoms with E-state index in [0.29, 0.717) is 12.8 Å². The van der Waals surface area contributed by atoms with Gasteiger partial charge in [0.15, 0.2) is 0 Å². The van der Waals surface area contributed by atoms with Crippen molar-refractivity contribution >= 4 is 7.15 Å². The fourth-order valence-corrected chi connectivity index (χ4v) is 1.23. The maximum absolute atomic E-state index is 10.4. The first kappa shape index (κ1) is 8.84. The molecular formula is C6H11BO4. The summed E-state index contributed by atoms with van der Waals surface area (Å²) in [6, 6.07) is 0. The summed E-state index contributed by atoms with van der Waals surface area (Å²) in [6.07, 6.45) is -0.268. The average molecular weight is 158 g/mol. The van der Waals surface area contributed by atoms with Crippen LogP contribution in [-0.4, -0.2) is 36.4 Å². The summed E-state index contributed by atoms with van der Waals surface area (Å²) in [4.78, 5) is 0. The van der Waals surface area contributed by atoms with Crippen molar-refractivity contribution in [3.63, 3.8) is 0 Å². The van der Waals surface area contributed by atoms with Crippen molar-refractivity contribution in [2.75, 3.05) is 6.61 Å². The molecule has 11 heavy (non-hydrogen) atoms. The van der Waals surface area contributed by atoms with Gasteiger partial charge in [0.1, 0.15) is 0 Å². The zero-order valence-corrected chi connectivity index (χ0v) is 6.14. The van der Waals surface area contributed by atoms with Crippen LogP contribution in [0.3, 0.4) is 0 Å². The van der Waals surface area contributed by atoms with Crippen LogP contribution in [0.25, 0.3) is 0 Å². The number of aliphatic hydroxyl groups excluding tert-OH is 2. The van der Waals surface area contributed by atoms with Crippen LogP contribution in [0, 0.1) is 0 Å². The van der Waals surface area contributed by atoms with E-state index in [2.05, 4.69) is 0 Å². The van der Waals surface area contributed by atoms with Crippen LogP contribution in [0.2, 0.25) is 5.82 Å². The van der Waals surface area contributed by atoms with Crippen LogP contribution in [0.1, 0.15) is 12.8 Å². The van der Waals surface area contributed by atoms with Gasteiger partial charge in [-0.1, -0.05) is 0 Å². The molecule has 0 aliphatic carbocycles. The van der Waals surface area contributed by atoms with Crippen molar-refractivity contribution in [1.29, 1.82) is 0 Å². The van der Waals surface area contributed by atoms with E-state index in [0.717, 1.165) is 7.15 Å². The molecule has 1 aliphatic rings. The van der Waals surface area contributed by atoms with Crippen molar-refractivity contribution in [3.05, 3.63) is 0 Å². The second-order valence-electron chi connectivity index (χ2n) is 2.69. The molecule has 0 aromatic rings. The normalized spacial score (nSPS) is 38.2. The molecule has 2 N–H and O–H groups in total. The van der Waals surface area contributed by atoms with Gasteiger partial charge in [0, 0.05) is 0 Å². The maximum atomic E-state index is 10.4. The molecule has 1 saturated heterocycles. The van der Waals surface area contributed by atoms with E-state index >= 15 is 0 Å². The molecule has 3 atom stereocenters. The van der Waals surface area contributed by atoms with Gasteiger partial charge in [0.05, 0.1) is 0 Å². The minimum absolute atomic E-state index is 0.208. The van der Waals surface area contributed by atoms with Gasteiger partial charge in [-0.3, -0.25) is 0 Å². The van der Waals surface area contributed by atoms with E-state index in [1.54, 1.807) is 0 Å². The van der Waals surface area contributed by atoms with E-state index in [4.69, 9.17) is 14.9 Å². The molecule has 4 nitrogen and oxygen atoms in total. The molecule has 1 fully saturated rings. The molecule has 1 aliphatic heterocycles. The quantitative estimate of drug-likeness (QED) is 0.522. The molecule has 0 saturated carbocycles. The van der Waals surface area contributed by atoms with Crippen LogP contribution in [0.5, 0.6) is 0 Å². The Morgan fingerprint density at radius 2 is 2.27 bits per heavy atom. The number of ether oxygens (including phenoxy) is 1. The minimum atomic E-state index is -0.816. The van der Waals surface area contributed by atoms with Gasteiger partial charge in [-0.2, -0.15) is 0 Å². The van der Waals surface area contributed by atoms with Crippen LogP contribution >= 0.6 is 0 Å². The Balaban J connectivity index is 2.47. The summed E-state index contributed by atoms with van der Waals surface area (Å²) in [6.45, 7) is -0.208. The van der Waals surface area contributed by atoms with Crippen LogP contribution < -0.4 is 0 Å². The predicted molar refractivity (Wildman–Crippen MR) is 37.4 cm³/mol. The fourth-order valence-electron chi connectivity index (χ4n) is 1.23. The zero-order valence-electron chi connectivity index (χ0n) is 6.14. The number of hydrogen-bond acceptors (Lipinski definition) is 4. The molecule has 1 rings (SSSR count). The molecular weight excluding hydrogens is 147 g/mol. The SMILES string of the molecule is O=B[C@H]1CCC(O)OC1CO. The zero-order chi connectivity index (χ0) is 8.27. The first-order valence-electron chi connectivity index (χ1n) is 3.67. The third kappa shape index (κ3) is 2.08. The van der Waals surface area contributed by atoms with Crippen molar-refractivity contribution in [1.82, 2.24) is 0 Å². The standard InChI is InChI=1S/C6H11BO4/c8-3-5-4(7-10)1-2-6(9)11-5/h4-6,8-9H,1-3H2/t4-,5?,6?/m0/s1. The van der Waals surface area contributed by atoms with Crippen molar-refractivity contribution in [2.24, 2.45) is 0 Å². The van der Waals surface area contributed by atoms with Gasteiger partial charge in [-0.25, -0.2) is 0 Å². The van der Waals surface area contributed by atoms with E-state index < -0.39 is 12.4 Å². The summed E-state index contributed by atoms with van der Waals surface area (Å²) in [7, 11) is 0.771. The Kier molecular flexibility index (Phi) is 3.17. The summed E-state index contributed by atoms with van der Waals surface area (Å²) < 4.78 is 15.3. The van der Waals surface area contributed by atoms with Crippen molar-refractivity contribution in [3.8, 4) is 0 Å². The Labute approximate surface area is 65.4 Å². The molecule has 0 radical (unpaired) electrons. The number of rotatable bonds is 2. The molecule has 1 heterocycles. The fraction of sp³-hybridized carbons (Fsp3) is 1.00. The predicted octanol–water partition coefficient (Wildman–Crippen LogP) is -0.686. The molecule has 0 aromatic carbocycles. The molecule has 5 heteroatoms. The topological polar surface area (TPSA) is 66.8 Å². The molecule has 2 unspecified atom stereocenters. The van der Waals surface area contributed by atoms with Gasteiger partial charge in [-0.05, 0) is 0 Å². The van der Waals surface area contributed by atoms with Crippen LogP contribution in [0.15, 0.2) is 0 Å².